The van der Waals surface area contributed by atoms with E-state index in [1.807, 2.05) is 0 Å². The first-order chi connectivity index (χ1) is 55.0. The molecule has 12 aromatic carbocycles. The SMILES string of the molecule is C#CC(=C=C(C#Cc1c2ccccc2c(C#CC(=C=C(C#Cc2c3ccccc3c(C#CC(=C=C(C#Cc3c4ccccc4c(C#CC(=C=C(C#Cc4c5ccccc5c(Br)c5ccccc45)C(C)(C)C)C(C)(C)C)c4ccccc34)C(C)(C)C)C(C)(C)C)c3ccccc23)C(C)(C)C)C(C)(C)C)c2ccccc12)C(C)(C)C)C(C)(C)C. The minimum Gasteiger partial charge on any atom is -0.114 e. The highest BCUT2D eigenvalue weighted by molar-refractivity contribution is 9.10. The summed E-state index contributed by atoms with van der Waals surface area (Å²) in [6, 6.07) is 68.1. The lowest BCUT2D eigenvalue weighted by atomic mass is 9.82. The van der Waals surface area contributed by atoms with E-state index in [-0.39, 0.29) is 21.7 Å². The third kappa shape index (κ3) is 18.5. The fraction of sp³-hybridized carbons (Fsp3) is 0.276. The molecule has 12 aromatic rings. The van der Waals surface area contributed by atoms with Crippen LogP contribution in [0.1, 0.15) is 205 Å². The predicted octanol–water partition coefficient (Wildman–Crippen LogP) is 30.0. The highest BCUT2D eigenvalue weighted by atomic mass is 79.9. The van der Waals surface area contributed by atoms with Crippen molar-refractivity contribution in [2.75, 3.05) is 0 Å². The van der Waals surface area contributed by atoms with Crippen LogP contribution in [-0.4, -0.2) is 0 Å². The molecule has 0 spiro atoms. The summed E-state index contributed by atoms with van der Waals surface area (Å²) >= 11 is 3.93. The minimum atomic E-state index is -0.408. The van der Waals surface area contributed by atoms with E-state index in [1.165, 1.54) is 0 Å². The zero-order chi connectivity index (χ0) is 84.5. The van der Waals surface area contributed by atoms with Crippen LogP contribution in [0.25, 0.3) is 86.2 Å². The van der Waals surface area contributed by atoms with Gasteiger partial charge in [-0.25, -0.2) is 0 Å². The molecule has 0 aliphatic heterocycles. The van der Waals surface area contributed by atoms with Crippen LogP contribution in [0, 0.1) is 139 Å². The molecule has 0 saturated carbocycles. The number of benzene rings is 12. The molecule has 0 aromatic heterocycles. The third-order valence-electron chi connectivity index (χ3n) is 21.0. The van der Waals surface area contributed by atoms with Crippen LogP contribution < -0.4 is 0 Å². The number of allylic oxidation sites excluding steroid dienone is 4. The van der Waals surface area contributed by atoms with Gasteiger partial charge in [0.1, 0.15) is 0 Å². The van der Waals surface area contributed by atoms with Crippen molar-refractivity contribution in [3.05, 3.63) is 305 Å². The summed E-state index contributed by atoms with van der Waals surface area (Å²) in [4.78, 5) is 0. The second-order valence-electron chi connectivity index (χ2n) is 38.7. The maximum Gasteiger partial charge on any atom is 0.0505 e. The lowest BCUT2D eigenvalue weighted by molar-refractivity contribution is 0.508. The van der Waals surface area contributed by atoms with Crippen LogP contribution in [0.5, 0.6) is 0 Å². The highest BCUT2D eigenvalue weighted by Gasteiger charge is 2.27. The lowest BCUT2D eigenvalue weighted by Gasteiger charge is -2.20. The van der Waals surface area contributed by atoms with Gasteiger partial charge in [-0.1, -0.05) is 472 Å². The van der Waals surface area contributed by atoms with E-state index in [1.54, 1.807) is 0 Å². The van der Waals surface area contributed by atoms with E-state index in [0.29, 0.717) is 0 Å². The Morgan fingerprint density at radius 2 is 0.299 bits per heavy atom. The summed E-state index contributed by atoms with van der Waals surface area (Å²) in [6.07, 6.45) is 6.09. The van der Waals surface area contributed by atoms with Crippen molar-refractivity contribution in [2.45, 2.75) is 166 Å². The van der Waals surface area contributed by atoms with Gasteiger partial charge in [-0.15, -0.1) is 6.42 Å². The fourth-order valence-corrected chi connectivity index (χ4v) is 14.8. The van der Waals surface area contributed by atoms with E-state index >= 15 is 0 Å². The van der Waals surface area contributed by atoms with Gasteiger partial charge in [0, 0.05) is 92.3 Å². The molecule has 0 nitrogen and oxygen atoms in total. The monoisotopic (exact) mass is 1580 g/mol. The molecule has 0 N–H and O–H groups in total. The van der Waals surface area contributed by atoms with Gasteiger partial charge in [0.25, 0.3) is 0 Å². The van der Waals surface area contributed by atoms with Gasteiger partial charge in [0.05, 0.1) is 39.0 Å². The van der Waals surface area contributed by atoms with Crippen LogP contribution in [0.15, 0.2) is 266 Å². The highest BCUT2D eigenvalue weighted by Crippen LogP contribution is 2.42. The summed E-state index contributed by atoms with van der Waals surface area (Å²) in [7, 11) is 0. The first-order valence-corrected chi connectivity index (χ1v) is 41.4. The van der Waals surface area contributed by atoms with E-state index < -0.39 is 21.7 Å². The van der Waals surface area contributed by atoms with Crippen LogP contribution >= 0.6 is 15.9 Å². The second-order valence-corrected chi connectivity index (χ2v) is 39.5. The van der Waals surface area contributed by atoms with Crippen molar-refractivity contribution in [1.29, 1.82) is 0 Å². The van der Waals surface area contributed by atoms with Crippen LogP contribution in [0.4, 0.5) is 0 Å². The maximum absolute atomic E-state index is 6.09. The van der Waals surface area contributed by atoms with Crippen molar-refractivity contribution in [3.63, 3.8) is 0 Å². The van der Waals surface area contributed by atoms with Gasteiger partial charge in [0.2, 0.25) is 0 Å². The van der Waals surface area contributed by atoms with E-state index in [2.05, 4.69) is 488 Å². The molecule has 0 aliphatic rings. The number of hydrogen-bond donors (Lipinski definition) is 0. The molecular formula is C116H105Br. The molecule has 1 heteroatoms. The largest absolute Gasteiger partial charge is 0.114 e. The van der Waals surface area contributed by atoms with Gasteiger partial charge in [0.15, 0.2) is 0 Å². The average molecular weight is 1580 g/mol. The Kier molecular flexibility index (Phi) is 23.6. The smallest absolute Gasteiger partial charge is 0.0505 e. The van der Waals surface area contributed by atoms with Gasteiger partial charge >= 0.3 is 0 Å². The Balaban J connectivity index is 0.971. The molecule has 0 unspecified atom stereocenters. The quantitative estimate of drug-likeness (QED) is 0.0806. The Bertz CT molecular complexity index is 6760. The van der Waals surface area contributed by atoms with Crippen LogP contribution in [0.2, 0.25) is 0 Å². The zero-order valence-corrected chi connectivity index (χ0v) is 74.5. The Hall–Kier alpha value is -12.2. The molecule has 0 saturated heterocycles. The normalized spacial score (nSPS) is 11.7. The first-order valence-electron chi connectivity index (χ1n) is 40.6. The number of fused-ring (bicyclic) bond motifs is 8. The topological polar surface area (TPSA) is 0 Å². The standard InChI is InChI=1S/C116H105Br/c1-26-77(109(2,3)4)73-78(110(5,6)7)59-66-99-85-43-27-29-45-87(85)100(88-46-30-28-44-86(88)99)67-60-79(111(8,9)10)74-80(112(11,12)13)61-68-101-89-47-31-33-49-91(89)102(92-50-34-32-48-90(92)101)69-62-81(113(14,15)16)75-82(114(17,18)19)63-70-103-93-51-35-37-53-95(93)104(96-54-38-36-52-94(96)103)71-64-83(115(20,21)22)76-84(116(23,24)25)65-72-105-97-55-39-41-57-106(97)108(117)107-58-42-40-56-98(105)107/h1,27-58H,2-25H3. The molecule has 117 heavy (non-hydrogen) atoms. The molecular weight excluding hydrogens is 1470 g/mol. The van der Waals surface area contributed by atoms with Gasteiger partial charge in [-0.2, -0.15) is 0 Å². The zero-order valence-electron chi connectivity index (χ0n) is 72.9. The van der Waals surface area contributed by atoms with E-state index in [4.69, 9.17) is 6.42 Å². The van der Waals surface area contributed by atoms with Gasteiger partial charge < -0.3 is 0 Å². The second kappa shape index (κ2) is 32.8. The molecule has 576 valence electrons. The third-order valence-corrected chi connectivity index (χ3v) is 21.8. The van der Waals surface area contributed by atoms with E-state index in [0.717, 1.165) is 174 Å². The molecule has 0 atom stereocenters. The van der Waals surface area contributed by atoms with Crippen molar-refractivity contribution < 1.29 is 0 Å². The molecule has 0 amide bonds. The number of halogens is 1. The van der Waals surface area contributed by atoms with Gasteiger partial charge in [-0.05, 0) is 102 Å². The lowest BCUT2D eigenvalue weighted by Crippen LogP contribution is -2.11. The Morgan fingerprint density at radius 3 is 0.419 bits per heavy atom. The Morgan fingerprint density at radius 1 is 0.188 bits per heavy atom. The summed E-state index contributed by atoms with van der Waals surface area (Å²) in [5.74, 6) is 55.1. The van der Waals surface area contributed by atoms with E-state index in [9.17, 15) is 0 Å². The van der Waals surface area contributed by atoms with Crippen molar-refractivity contribution in [2.24, 2.45) is 43.3 Å². The molecule has 0 bridgehead atoms. The maximum atomic E-state index is 6.09. The van der Waals surface area contributed by atoms with Crippen molar-refractivity contribution in [1.82, 2.24) is 0 Å². The van der Waals surface area contributed by atoms with Crippen LogP contribution in [-0.2, 0) is 0 Å². The fourth-order valence-electron chi connectivity index (χ4n) is 14.1. The van der Waals surface area contributed by atoms with Gasteiger partial charge in [-0.3, -0.25) is 0 Å². The number of rotatable bonds is 0. The summed E-state index contributed by atoms with van der Waals surface area (Å²) in [5.41, 5.74) is 25.9. The summed E-state index contributed by atoms with van der Waals surface area (Å²) in [6.45, 7) is 52.6. The minimum absolute atomic E-state index is 0.254. The van der Waals surface area contributed by atoms with Crippen molar-refractivity contribution in [3.8, 4) is 95.2 Å². The molecule has 0 fully saturated rings. The molecule has 0 heterocycles. The average Bonchev–Trinajstić information content (AvgIpc) is 0.764. The molecule has 12 rings (SSSR count). The van der Waals surface area contributed by atoms with Crippen molar-refractivity contribution >= 4 is 102 Å². The molecule has 0 radical (unpaired) electrons. The van der Waals surface area contributed by atoms with Crippen LogP contribution in [0.3, 0.4) is 0 Å². The molecule has 0 aliphatic carbocycles. The number of hydrogen-bond acceptors (Lipinski definition) is 0. The summed E-state index contributed by atoms with van der Waals surface area (Å²) in [5, 5.41) is 16.8. The Labute approximate surface area is 706 Å². The predicted molar refractivity (Wildman–Crippen MR) is 508 cm³/mol. The summed E-state index contributed by atoms with van der Waals surface area (Å²) < 4.78 is 1.08. The number of terminal acetylenes is 1. The first kappa shape index (κ1) is 84.2.